The average Bonchev–Trinajstić information content (AvgIpc) is 2.44. The molecule has 19 heavy (non-hydrogen) atoms. The molecule has 0 aliphatic heterocycles. The molecule has 0 bridgehead atoms. The quantitative estimate of drug-likeness (QED) is 0.450. The Hall–Kier alpha value is -1.81. The number of aryl methyl sites for hydroxylation is 1. The van der Waals surface area contributed by atoms with Crippen LogP contribution in [0.2, 0.25) is 0 Å². The Labute approximate surface area is 114 Å². The molecule has 1 aromatic rings. The summed E-state index contributed by atoms with van der Waals surface area (Å²) in [5.41, 5.74) is 2.09. The van der Waals surface area contributed by atoms with E-state index >= 15 is 0 Å². The smallest absolute Gasteiger partial charge is 0.333 e. The van der Waals surface area contributed by atoms with Crippen LogP contribution in [0, 0.1) is 0 Å². The van der Waals surface area contributed by atoms with Crippen LogP contribution in [0.5, 0.6) is 5.75 Å². The van der Waals surface area contributed by atoms with E-state index in [9.17, 15) is 4.79 Å². The fourth-order valence-corrected chi connectivity index (χ4v) is 1.59. The topological polar surface area (TPSA) is 44.8 Å². The molecule has 104 valence electrons. The van der Waals surface area contributed by atoms with Crippen molar-refractivity contribution in [3.63, 3.8) is 0 Å². The molecule has 0 fully saturated rings. The number of methoxy groups -OCH3 is 2. The van der Waals surface area contributed by atoms with Gasteiger partial charge in [0.1, 0.15) is 5.75 Å². The van der Waals surface area contributed by atoms with Gasteiger partial charge in [-0.15, -0.1) is 0 Å². The predicted molar refractivity (Wildman–Crippen MR) is 74.0 cm³/mol. The van der Waals surface area contributed by atoms with Gasteiger partial charge in [0, 0.05) is 13.2 Å². The highest BCUT2D eigenvalue weighted by Gasteiger charge is 2.05. The van der Waals surface area contributed by atoms with Crippen LogP contribution in [0.25, 0.3) is 6.08 Å². The number of rotatable bonds is 6. The average molecular weight is 264 g/mol. The van der Waals surface area contributed by atoms with E-state index in [4.69, 9.17) is 14.2 Å². The van der Waals surface area contributed by atoms with Gasteiger partial charge in [0.05, 0.1) is 7.11 Å². The Kier molecular flexibility index (Phi) is 6.09. The molecule has 0 heterocycles. The van der Waals surface area contributed by atoms with Crippen LogP contribution in [0.3, 0.4) is 0 Å². The molecule has 4 nitrogen and oxygen atoms in total. The highest BCUT2D eigenvalue weighted by molar-refractivity contribution is 5.87. The molecule has 4 heteroatoms. The van der Waals surface area contributed by atoms with Gasteiger partial charge in [0.2, 0.25) is 0 Å². The molecule has 0 saturated heterocycles. The number of hydrogen-bond acceptors (Lipinski definition) is 4. The molecular formula is C15H20O4. The molecule has 0 saturated carbocycles. The van der Waals surface area contributed by atoms with Crippen molar-refractivity contribution in [1.82, 2.24) is 0 Å². The molecule has 0 aliphatic carbocycles. The summed E-state index contributed by atoms with van der Waals surface area (Å²) in [5, 5.41) is 0. The second kappa shape index (κ2) is 7.59. The van der Waals surface area contributed by atoms with Crippen molar-refractivity contribution >= 4 is 12.0 Å². The van der Waals surface area contributed by atoms with Crippen molar-refractivity contribution in [1.29, 1.82) is 0 Å². The van der Waals surface area contributed by atoms with Gasteiger partial charge in [0.15, 0.2) is 6.29 Å². The van der Waals surface area contributed by atoms with Gasteiger partial charge >= 0.3 is 5.97 Å². The molecule has 1 unspecified atom stereocenters. The molecule has 0 aromatic heterocycles. The Bertz CT molecular complexity index is 451. The predicted octanol–water partition coefficient (Wildman–Crippen LogP) is 2.81. The zero-order valence-electron chi connectivity index (χ0n) is 11.8. The first-order valence-corrected chi connectivity index (χ1v) is 6.19. The summed E-state index contributed by atoms with van der Waals surface area (Å²) >= 11 is 0. The molecule has 0 amide bonds. The van der Waals surface area contributed by atoms with Gasteiger partial charge in [-0.2, -0.15) is 0 Å². The van der Waals surface area contributed by atoms with E-state index in [1.54, 1.807) is 20.1 Å². The minimum atomic E-state index is -0.543. The molecule has 1 atom stereocenters. The molecule has 1 rings (SSSR count). The van der Waals surface area contributed by atoms with Crippen molar-refractivity contribution in [2.75, 3.05) is 14.2 Å². The zero-order valence-corrected chi connectivity index (χ0v) is 11.8. The lowest BCUT2D eigenvalue weighted by molar-refractivity contribution is -0.163. The number of ether oxygens (including phenoxy) is 3. The third kappa shape index (κ3) is 4.75. The summed E-state index contributed by atoms with van der Waals surface area (Å²) in [6, 6.07) is 5.74. The summed E-state index contributed by atoms with van der Waals surface area (Å²) < 4.78 is 15.0. The van der Waals surface area contributed by atoms with E-state index in [1.165, 1.54) is 13.2 Å². The Morgan fingerprint density at radius 3 is 2.68 bits per heavy atom. The van der Waals surface area contributed by atoms with Crippen LogP contribution in [0.15, 0.2) is 24.3 Å². The van der Waals surface area contributed by atoms with Crippen LogP contribution >= 0.6 is 0 Å². The van der Waals surface area contributed by atoms with E-state index in [0.717, 1.165) is 23.3 Å². The Morgan fingerprint density at radius 2 is 2.11 bits per heavy atom. The maximum atomic E-state index is 11.5. The largest absolute Gasteiger partial charge is 0.497 e. The van der Waals surface area contributed by atoms with Crippen LogP contribution < -0.4 is 4.74 Å². The second-order valence-electron chi connectivity index (χ2n) is 3.99. The number of hydrogen-bond donors (Lipinski definition) is 0. The van der Waals surface area contributed by atoms with Crippen molar-refractivity contribution in [2.24, 2.45) is 0 Å². The van der Waals surface area contributed by atoms with Gasteiger partial charge < -0.3 is 14.2 Å². The Morgan fingerprint density at radius 1 is 1.37 bits per heavy atom. The van der Waals surface area contributed by atoms with Crippen LogP contribution in [-0.4, -0.2) is 26.5 Å². The number of carbonyl (C=O) groups excluding carboxylic acids is 1. The van der Waals surface area contributed by atoms with Gasteiger partial charge in [-0.25, -0.2) is 4.79 Å². The fraction of sp³-hybridized carbons (Fsp3) is 0.400. The van der Waals surface area contributed by atoms with Crippen molar-refractivity contribution in [3.05, 3.63) is 35.4 Å². The van der Waals surface area contributed by atoms with E-state index < -0.39 is 12.3 Å². The summed E-state index contributed by atoms with van der Waals surface area (Å²) in [4.78, 5) is 11.5. The van der Waals surface area contributed by atoms with Crippen molar-refractivity contribution < 1.29 is 19.0 Å². The molecule has 0 aliphatic rings. The fourth-order valence-electron chi connectivity index (χ4n) is 1.59. The maximum Gasteiger partial charge on any atom is 0.333 e. The first-order valence-electron chi connectivity index (χ1n) is 6.19. The van der Waals surface area contributed by atoms with E-state index in [1.807, 2.05) is 18.2 Å². The van der Waals surface area contributed by atoms with Gasteiger partial charge in [-0.1, -0.05) is 13.0 Å². The highest BCUT2D eigenvalue weighted by Crippen LogP contribution is 2.19. The Balaban J connectivity index is 2.78. The minimum absolute atomic E-state index is 0.424. The third-order valence-corrected chi connectivity index (χ3v) is 2.74. The first-order chi connectivity index (χ1) is 9.10. The lowest BCUT2D eigenvalue weighted by atomic mass is 10.0. The standard InChI is InChI=1S/C15H20O4/c1-5-12-10-14(18-4)8-6-13(12)7-9-15(16)19-11(2)17-3/h6-11H,5H2,1-4H3/b9-7+. The van der Waals surface area contributed by atoms with E-state index in [2.05, 4.69) is 6.92 Å². The zero-order chi connectivity index (χ0) is 14.3. The summed E-state index contributed by atoms with van der Waals surface area (Å²) in [6.07, 6.45) is 3.46. The molecule has 0 spiro atoms. The number of benzene rings is 1. The maximum absolute atomic E-state index is 11.5. The van der Waals surface area contributed by atoms with Crippen LogP contribution in [0.1, 0.15) is 25.0 Å². The van der Waals surface area contributed by atoms with Crippen molar-refractivity contribution in [2.45, 2.75) is 26.6 Å². The van der Waals surface area contributed by atoms with Crippen LogP contribution in [-0.2, 0) is 20.7 Å². The second-order valence-corrected chi connectivity index (χ2v) is 3.99. The van der Waals surface area contributed by atoms with E-state index in [-0.39, 0.29) is 0 Å². The normalized spacial score (nSPS) is 12.4. The summed E-state index contributed by atoms with van der Waals surface area (Å²) in [7, 11) is 3.12. The van der Waals surface area contributed by atoms with E-state index in [0.29, 0.717) is 0 Å². The number of carbonyl (C=O) groups is 1. The van der Waals surface area contributed by atoms with Gasteiger partial charge in [-0.05, 0) is 42.7 Å². The van der Waals surface area contributed by atoms with Gasteiger partial charge in [0.25, 0.3) is 0 Å². The molecular weight excluding hydrogens is 244 g/mol. The summed E-state index contributed by atoms with van der Waals surface area (Å²) in [5.74, 6) is 0.386. The molecule has 1 aromatic carbocycles. The molecule has 0 N–H and O–H groups in total. The van der Waals surface area contributed by atoms with Gasteiger partial charge in [-0.3, -0.25) is 0 Å². The lowest BCUT2D eigenvalue weighted by Crippen LogP contribution is -2.14. The first kappa shape index (κ1) is 15.2. The van der Waals surface area contributed by atoms with Crippen molar-refractivity contribution in [3.8, 4) is 5.75 Å². The minimum Gasteiger partial charge on any atom is -0.497 e. The molecule has 0 radical (unpaired) electrons. The SMILES string of the molecule is CCc1cc(OC)ccc1/C=C/C(=O)OC(C)OC. The monoisotopic (exact) mass is 264 g/mol. The lowest BCUT2D eigenvalue weighted by Gasteiger charge is -2.09. The van der Waals surface area contributed by atoms with Crippen LogP contribution in [0.4, 0.5) is 0 Å². The summed E-state index contributed by atoms with van der Waals surface area (Å²) in [6.45, 7) is 3.72. The highest BCUT2D eigenvalue weighted by atomic mass is 16.7. The number of esters is 1. The third-order valence-electron chi connectivity index (χ3n) is 2.74.